The van der Waals surface area contributed by atoms with Gasteiger partial charge in [0.05, 0.1) is 0 Å². The van der Waals surface area contributed by atoms with Gasteiger partial charge in [-0.25, -0.2) is 0 Å². The molecule has 1 nitrogen and oxygen atoms in total. The SMILES string of the molecule is C#CCCCC(NCC)c1ccsc1. The summed E-state index contributed by atoms with van der Waals surface area (Å²) in [4.78, 5) is 0. The third kappa shape index (κ3) is 3.53. The second kappa shape index (κ2) is 6.64. The Labute approximate surface area is 90.5 Å². The summed E-state index contributed by atoms with van der Waals surface area (Å²) >= 11 is 1.75. The van der Waals surface area contributed by atoms with Crippen molar-refractivity contribution in [3.05, 3.63) is 22.4 Å². The topological polar surface area (TPSA) is 12.0 Å². The van der Waals surface area contributed by atoms with Crippen molar-refractivity contribution in [2.45, 2.75) is 32.2 Å². The molecule has 0 spiro atoms. The van der Waals surface area contributed by atoms with Crippen molar-refractivity contribution in [1.29, 1.82) is 0 Å². The first-order valence-electron chi connectivity index (χ1n) is 5.07. The van der Waals surface area contributed by atoms with Gasteiger partial charge >= 0.3 is 0 Å². The minimum Gasteiger partial charge on any atom is -0.310 e. The molecule has 1 aromatic rings. The van der Waals surface area contributed by atoms with Crippen molar-refractivity contribution in [3.63, 3.8) is 0 Å². The number of rotatable bonds is 6. The molecule has 1 heterocycles. The molecule has 0 aromatic carbocycles. The summed E-state index contributed by atoms with van der Waals surface area (Å²) in [6, 6.07) is 2.67. The molecular weight excluding hydrogens is 190 g/mol. The maximum absolute atomic E-state index is 5.24. The molecule has 1 N–H and O–H groups in total. The van der Waals surface area contributed by atoms with Crippen molar-refractivity contribution >= 4 is 11.3 Å². The second-order valence-electron chi connectivity index (χ2n) is 3.26. The summed E-state index contributed by atoms with van der Waals surface area (Å²) in [6.07, 6.45) is 8.35. The van der Waals surface area contributed by atoms with Crippen molar-refractivity contribution in [2.24, 2.45) is 0 Å². The van der Waals surface area contributed by atoms with Crippen molar-refractivity contribution in [3.8, 4) is 12.3 Å². The molecule has 1 aromatic heterocycles. The fraction of sp³-hybridized carbons (Fsp3) is 0.500. The van der Waals surface area contributed by atoms with Crippen LogP contribution in [-0.4, -0.2) is 6.54 Å². The third-order valence-corrected chi connectivity index (χ3v) is 2.91. The van der Waals surface area contributed by atoms with Crippen LogP contribution >= 0.6 is 11.3 Å². The maximum Gasteiger partial charge on any atom is 0.0328 e. The highest BCUT2D eigenvalue weighted by atomic mass is 32.1. The van der Waals surface area contributed by atoms with E-state index in [1.165, 1.54) is 5.56 Å². The van der Waals surface area contributed by atoms with E-state index in [0.717, 1.165) is 25.8 Å². The second-order valence-corrected chi connectivity index (χ2v) is 4.04. The zero-order valence-corrected chi connectivity index (χ0v) is 9.44. The Morgan fingerprint density at radius 2 is 2.50 bits per heavy atom. The number of unbranched alkanes of at least 4 members (excludes halogenated alkanes) is 1. The summed E-state index contributed by atoms with van der Waals surface area (Å²) in [5.74, 6) is 2.69. The predicted octanol–water partition coefficient (Wildman–Crippen LogP) is 3.20. The lowest BCUT2D eigenvalue weighted by Gasteiger charge is -2.15. The molecule has 0 fully saturated rings. The standard InChI is InChI=1S/C12H17NS/c1-3-5-6-7-12(13-4-2)11-8-9-14-10-11/h1,8-10,12-13H,4-7H2,2H3. The summed E-state index contributed by atoms with van der Waals surface area (Å²) in [5, 5.41) is 7.82. The van der Waals surface area contributed by atoms with Crippen LogP contribution in [0.15, 0.2) is 16.8 Å². The Bertz CT molecular complexity index is 271. The zero-order valence-electron chi connectivity index (χ0n) is 8.62. The molecule has 0 aliphatic heterocycles. The monoisotopic (exact) mass is 207 g/mol. The van der Waals surface area contributed by atoms with Crippen molar-refractivity contribution in [2.75, 3.05) is 6.54 Å². The molecular formula is C12H17NS. The van der Waals surface area contributed by atoms with Crippen LogP contribution in [0.1, 0.15) is 37.8 Å². The van der Waals surface area contributed by atoms with E-state index >= 15 is 0 Å². The van der Waals surface area contributed by atoms with Gasteiger partial charge in [0.1, 0.15) is 0 Å². The van der Waals surface area contributed by atoms with E-state index in [2.05, 4.69) is 35.0 Å². The Hall–Kier alpha value is -0.780. The molecule has 2 heteroatoms. The Balaban J connectivity index is 2.44. The highest BCUT2D eigenvalue weighted by Crippen LogP contribution is 2.21. The number of hydrogen-bond donors (Lipinski definition) is 1. The molecule has 0 aliphatic rings. The van der Waals surface area contributed by atoms with Crippen LogP contribution in [0.5, 0.6) is 0 Å². The lowest BCUT2D eigenvalue weighted by molar-refractivity contribution is 0.503. The number of thiophene rings is 1. The Kier molecular flexibility index (Phi) is 5.36. The number of terminal acetylenes is 1. The largest absolute Gasteiger partial charge is 0.310 e. The minimum absolute atomic E-state index is 0.486. The third-order valence-electron chi connectivity index (χ3n) is 2.21. The molecule has 1 atom stereocenters. The van der Waals surface area contributed by atoms with E-state index in [4.69, 9.17) is 6.42 Å². The average Bonchev–Trinajstić information content (AvgIpc) is 2.70. The van der Waals surface area contributed by atoms with Crippen LogP contribution in [-0.2, 0) is 0 Å². The Morgan fingerprint density at radius 1 is 1.64 bits per heavy atom. The van der Waals surface area contributed by atoms with E-state index in [1.54, 1.807) is 11.3 Å². The molecule has 76 valence electrons. The molecule has 14 heavy (non-hydrogen) atoms. The first-order valence-corrected chi connectivity index (χ1v) is 6.01. The predicted molar refractivity (Wildman–Crippen MR) is 63.4 cm³/mol. The quantitative estimate of drug-likeness (QED) is 0.558. The zero-order chi connectivity index (χ0) is 10.2. The summed E-state index contributed by atoms with van der Waals surface area (Å²) < 4.78 is 0. The van der Waals surface area contributed by atoms with E-state index in [-0.39, 0.29) is 0 Å². The van der Waals surface area contributed by atoms with Gasteiger partial charge in [-0.2, -0.15) is 11.3 Å². The fourth-order valence-corrected chi connectivity index (χ4v) is 2.23. The highest BCUT2D eigenvalue weighted by Gasteiger charge is 2.09. The van der Waals surface area contributed by atoms with Gasteiger partial charge in [-0.15, -0.1) is 12.3 Å². The lowest BCUT2D eigenvalue weighted by Crippen LogP contribution is -2.20. The van der Waals surface area contributed by atoms with Gasteiger partial charge < -0.3 is 5.32 Å². The van der Waals surface area contributed by atoms with Gasteiger partial charge in [0.15, 0.2) is 0 Å². The maximum atomic E-state index is 5.24. The fourth-order valence-electron chi connectivity index (χ4n) is 1.51. The van der Waals surface area contributed by atoms with Gasteiger partial charge in [0, 0.05) is 12.5 Å². The van der Waals surface area contributed by atoms with Crippen LogP contribution in [0.2, 0.25) is 0 Å². The molecule has 0 bridgehead atoms. The minimum atomic E-state index is 0.486. The van der Waals surface area contributed by atoms with Gasteiger partial charge in [0.2, 0.25) is 0 Å². The van der Waals surface area contributed by atoms with E-state index < -0.39 is 0 Å². The molecule has 0 aliphatic carbocycles. The highest BCUT2D eigenvalue weighted by molar-refractivity contribution is 7.07. The van der Waals surface area contributed by atoms with Crippen molar-refractivity contribution in [1.82, 2.24) is 5.32 Å². The van der Waals surface area contributed by atoms with Crippen LogP contribution in [0.3, 0.4) is 0 Å². The summed E-state index contributed by atoms with van der Waals surface area (Å²) in [5.41, 5.74) is 1.40. The van der Waals surface area contributed by atoms with Gasteiger partial charge in [0.25, 0.3) is 0 Å². The van der Waals surface area contributed by atoms with Gasteiger partial charge in [-0.3, -0.25) is 0 Å². The first kappa shape index (κ1) is 11.3. The molecule has 0 radical (unpaired) electrons. The van der Waals surface area contributed by atoms with Gasteiger partial charge in [-0.05, 0) is 41.8 Å². The first-order chi connectivity index (χ1) is 6.88. The molecule has 0 amide bonds. The molecule has 0 saturated heterocycles. The van der Waals surface area contributed by atoms with Crippen LogP contribution in [0, 0.1) is 12.3 Å². The summed E-state index contributed by atoms with van der Waals surface area (Å²) in [6.45, 7) is 3.15. The average molecular weight is 207 g/mol. The lowest BCUT2D eigenvalue weighted by atomic mass is 10.0. The molecule has 0 saturated carbocycles. The van der Waals surface area contributed by atoms with Crippen LogP contribution < -0.4 is 5.32 Å². The smallest absolute Gasteiger partial charge is 0.0328 e. The molecule has 1 unspecified atom stereocenters. The molecule has 1 rings (SSSR count). The number of hydrogen-bond acceptors (Lipinski definition) is 2. The number of nitrogens with one attached hydrogen (secondary N) is 1. The van der Waals surface area contributed by atoms with Gasteiger partial charge in [-0.1, -0.05) is 6.92 Å². The normalized spacial score (nSPS) is 12.3. The summed E-state index contributed by atoms with van der Waals surface area (Å²) in [7, 11) is 0. The van der Waals surface area contributed by atoms with Crippen molar-refractivity contribution < 1.29 is 0 Å². The van der Waals surface area contributed by atoms with E-state index in [9.17, 15) is 0 Å². The van der Waals surface area contributed by atoms with E-state index in [1.807, 2.05) is 0 Å². The van der Waals surface area contributed by atoms with E-state index in [0.29, 0.717) is 6.04 Å². The van der Waals surface area contributed by atoms with Crippen LogP contribution in [0.4, 0.5) is 0 Å². The van der Waals surface area contributed by atoms with Crippen LogP contribution in [0.25, 0.3) is 0 Å². The Morgan fingerprint density at radius 3 is 3.07 bits per heavy atom.